The second-order valence-corrected chi connectivity index (χ2v) is 9.35. The van der Waals surface area contributed by atoms with Crippen molar-refractivity contribution in [2.45, 2.75) is 31.7 Å². The van der Waals surface area contributed by atoms with E-state index in [4.69, 9.17) is 14.5 Å². The van der Waals surface area contributed by atoms with E-state index in [0.717, 1.165) is 48.5 Å². The summed E-state index contributed by atoms with van der Waals surface area (Å²) in [5.41, 5.74) is 2.09. The number of rotatable bonds is 5. The number of piperidine rings is 1. The molecule has 1 aromatic heterocycles. The number of fused-ring (bicyclic) bond motifs is 2. The van der Waals surface area contributed by atoms with E-state index >= 15 is 0 Å². The van der Waals surface area contributed by atoms with Gasteiger partial charge in [-0.2, -0.15) is 0 Å². The standard InChI is InChI=1S/C24H27N3O3S/c1-16(17-8-9-20-21(13-17)30-12-11-29-20)25-23(28)15-27-10-4-5-18(14-27)24-26-19-6-2-3-7-22(19)31-24/h2-3,6-9,13,16,18H,4-5,10-12,14-15H2,1H3,(H,25,28)/t16-,18+/m1/s1. The van der Waals surface area contributed by atoms with Gasteiger partial charge in [0.25, 0.3) is 0 Å². The van der Waals surface area contributed by atoms with Crippen molar-refractivity contribution in [1.29, 1.82) is 0 Å². The first-order valence-corrected chi connectivity index (χ1v) is 11.7. The fraction of sp³-hybridized carbons (Fsp3) is 0.417. The lowest BCUT2D eigenvalue weighted by molar-refractivity contribution is -0.123. The summed E-state index contributed by atoms with van der Waals surface area (Å²) in [6.07, 6.45) is 2.22. The molecule has 6 nitrogen and oxygen atoms in total. The molecule has 31 heavy (non-hydrogen) atoms. The summed E-state index contributed by atoms with van der Waals surface area (Å²) >= 11 is 1.78. The number of para-hydroxylation sites is 1. The maximum atomic E-state index is 12.7. The van der Waals surface area contributed by atoms with Crippen LogP contribution in [0.5, 0.6) is 11.5 Å². The number of aromatic nitrogens is 1. The van der Waals surface area contributed by atoms with Gasteiger partial charge in [0.1, 0.15) is 13.2 Å². The number of carbonyl (C=O) groups excluding carboxylic acids is 1. The summed E-state index contributed by atoms with van der Waals surface area (Å²) in [6.45, 7) is 5.38. The number of hydrogen-bond acceptors (Lipinski definition) is 6. The molecule has 5 rings (SSSR count). The lowest BCUT2D eigenvalue weighted by Gasteiger charge is -2.31. The Hall–Kier alpha value is -2.64. The highest BCUT2D eigenvalue weighted by molar-refractivity contribution is 7.18. The van der Waals surface area contributed by atoms with Crippen LogP contribution in [0.3, 0.4) is 0 Å². The van der Waals surface area contributed by atoms with Gasteiger partial charge in [0, 0.05) is 12.5 Å². The Morgan fingerprint density at radius 1 is 1.23 bits per heavy atom. The SMILES string of the molecule is C[C@@H](NC(=O)CN1CCC[C@H](c2nc3ccccc3s2)C1)c1ccc2c(c1)OCCO2. The smallest absolute Gasteiger partial charge is 0.234 e. The Balaban J connectivity index is 1.19. The summed E-state index contributed by atoms with van der Waals surface area (Å²) in [4.78, 5) is 19.8. The molecule has 1 saturated heterocycles. The summed E-state index contributed by atoms with van der Waals surface area (Å²) in [7, 11) is 0. The number of thiazole rings is 1. The highest BCUT2D eigenvalue weighted by Gasteiger charge is 2.26. The Labute approximate surface area is 186 Å². The summed E-state index contributed by atoms with van der Waals surface area (Å²) < 4.78 is 12.5. The number of carbonyl (C=O) groups is 1. The molecule has 0 bridgehead atoms. The summed E-state index contributed by atoms with van der Waals surface area (Å²) in [5.74, 6) is 1.96. The lowest BCUT2D eigenvalue weighted by atomic mass is 9.98. The van der Waals surface area contributed by atoms with E-state index in [1.165, 1.54) is 9.71 Å². The van der Waals surface area contributed by atoms with Crippen LogP contribution in [0.4, 0.5) is 0 Å². The molecule has 0 spiro atoms. The molecule has 3 aromatic rings. The average molecular weight is 438 g/mol. The molecule has 2 aliphatic rings. The van der Waals surface area contributed by atoms with Crippen molar-refractivity contribution in [3.63, 3.8) is 0 Å². The van der Waals surface area contributed by atoms with Gasteiger partial charge in [-0.05, 0) is 56.1 Å². The number of amides is 1. The van der Waals surface area contributed by atoms with Crippen LogP contribution in [0, 0.1) is 0 Å². The van der Waals surface area contributed by atoms with Crippen LogP contribution in [0.1, 0.15) is 42.3 Å². The van der Waals surface area contributed by atoms with Crippen LogP contribution in [0.25, 0.3) is 10.2 Å². The van der Waals surface area contributed by atoms with Gasteiger partial charge in [0.2, 0.25) is 5.91 Å². The highest BCUT2D eigenvalue weighted by Crippen LogP contribution is 2.34. The molecular formula is C24H27N3O3S. The van der Waals surface area contributed by atoms with Gasteiger partial charge >= 0.3 is 0 Å². The minimum atomic E-state index is -0.0897. The van der Waals surface area contributed by atoms with Gasteiger partial charge in [-0.3, -0.25) is 9.69 Å². The number of hydrogen-bond donors (Lipinski definition) is 1. The van der Waals surface area contributed by atoms with Crippen molar-refractivity contribution >= 4 is 27.5 Å². The molecule has 0 radical (unpaired) electrons. The molecule has 2 aliphatic heterocycles. The summed E-state index contributed by atoms with van der Waals surface area (Å²) in [5, 5.41) is 4.33. The zero-order valence-electron chi connectivity index (χ0n) is 17.7. The van der Waals surface area contributed by atoms with E-state index in [0.29, 0.717) is 25.7 Å². The predicted molar refractivity (Wildman–Crippen MR) is 122 cm³/mol. The molecule has 162 valence electrons. The quantitative estimate of drug-likeness (QED) is 0.650. The molecule has 2 aromatic carbocycles. The highest BCUT2D eigenvalue weighted by atomic mass is 32.1. The molecule has 3 heterocycles. The molecule has 7 heteroatoms. The predicted octanol–water partition coefficient (Wildman–Crippen LogP) is 4.12. The van der Waals surface area contributed by atoms with Crippen molar-refractivity contribution in [1.82, 2.24) is 15.2 Å². The van der Waals surface area contributed by atoms with Crippen LogP contribution in [-0.2, 0) is 4.79 Å². The Kier molecular flexibility index (Phi) is 5.78. The van der Waals surface area contributed by atoms with Crippen LogP contribution in [-0.4, -0.2) is 48.6 Å². The molecule has 0 aliphatic carbocycles. The topological polar surface area (TPSA) is 63.7 Å². The fourth-order valence-corrected chi connectivity index (χ4v) is 5.46. The van der Waals surface area contributed by atoms with E-state index in [-0.39, 0.29) is 11.9 Å². The molecule has 1 amide bonds. The maximum Gasteiger partial charge on any atom is 0.234 e. The number of nitrogens with zero attached hydrogens (tertiary/aromatic N) is 2. The van der Waals surface area contributed by atoms with Crippen LogP contribution in [0.15, 0.2) is 42.5 Å². The Morgan fingerprint density at radius 2 is 2.06 bits per heavy atom. The number of nitrogens with one attached hydrogen (secondary N) is 1. The minimum absolute atomic E-state index is 0.0485. The van der Waals surface area contributed by atoms with Crippen molar-refractivity contribution in [3.05, 3.63) is 53.0 Å². The van der Waals surface area contributed by atoms with Crippen LogP contribution >= 0.6 is 11.3 Å². The largest absolute Gasteiger partial charge is 0.486 e. The number of benzene rings is 2. The second kappa shape index (κ2) is 8.85. The van der Waals surface area contributed by atoms with E-state index in [2.05, 4.69) is 28.4 Å². The maximum absolute atomic E-state index is 12.7. The van der Waals surface area contributed by atoms with Gasteiger partial charge in [0.15, 0.2) is 11.5 Å². The van der Waals surface area contributed by atoms with Crippen LogP contribution in [0.2, 0.25) is 0 Å². The number of ether oxygens (including phenoxy) is 2. The molecule has 0 saturated carbocycles. The minimum Gasteiger partial charge on any atom is -0.486 e. The van der Waals surface area contributed by atoms with E-state index in [1.54, 1.807) is 11.3 Å². The van der Waals surface area contributed by atoms with Crippen molar-refractivity contribution < 1.29 is 14.3 Å². The third-order valence-electron chi connectivity index (χ3n) is 5.98. The second-order valence-electron chi connectivity index (χ2n) is 8.29. The monoisotopic (exact) mass is 437 g/mol. The van der Waals surface area contributed by atoms with Gasteiger partial charge < -0.3 is 14.8 Å². The first kappa shape index (κ1) is 20.3. The summed E-state index contributed by atoms with van der Waals surface area (Å²) in [6, 6.07) is 14.1. The van der Waals surface area contributed by atoms with E-state index in [1.807, 2.05) is 31.2 Å². The van der Waals surface area contributed by atoms with E-state index in [9.17, 15) is 4.79 Å². The average Bonchev–Trinajstić information content (AvgIpc) is 3.23. The zero-order valence-corrected chi connectivity index (χ0v) is 18.5. The first-order chi connectivity index (χ1) is 15.2. The first-order valence-electron chi connectivity index (χ1n) is 10.9. The molecule has 2 atom stereocenters. The lowest BCUT2D eigenvalue weighted by Crippen LogP contribution is -2.42. The normalized spacial score (nSPS) is 19.8. The molecule has 1 fully saturated rings. The van der Waals surface area contributed by atoms with Gasteiger partial charge in [-0.1, -0.05) is 18.2 Å². The fourth-order valence-electron chi connectivity index (χ4n) is 4.37. The molecule has 0 unspecified atom stereocenters. The third-order valence-corrected chi connectivity index (χ3v) is 7.18. The number of likely N-dealkylation sites (tertiary alicyclic amines) is 1. The van der Waals surface area contributed by atoms with Crippen molar-refractivity contribution in [2.24, 2.45) is 0 Å². The van der Waals surface area contributed by atoms with Gasteiger partial charge in [-0.15, -0.1) is 11.3 Å². The zero-order chi connectivity index (χ0) is 21.2. The Bertz CT molecular complexity index is 1050. The van der Waals surface area contributed by atoms with Gasteiger partial charge in [-0.25, -0.2) is 4.98 Å². The van der Waals surface area contributed by atoms with Crippen molar-refractivity contribution in [2.75, 3.05) is 32.8 Å². The van der Waals surface area contributed by atoms with Crippen LogP contribution < -0.4 is 14.8 Å². The van der Waals surface area contributed by atoms with Crippen molar-refractivity contribution in [3.8, 4) is 11.5 Å². The molecule has 1 N–H and O–H groups in total. The Morgan fingerprint density at radius 3 is 2.94 bits per heavy atom. The third kappa shape index (κ3) is 4.52. The van der Waals surface area contributed by atoms with E-state index < -0.39 is 0 Å². The molecular weight excluding hydrogens is 410 g/mol. The van der Waals surface area contributed by atoms with Gasteiger partial charge in [0.05, 0.1) is 27.8 Å².